The topological polar surface area (TPSA) is 67.3 Å². The third kappa shape index (κ3) is 1.79. The fourth-order valence-corrected chi connectivity index (χ4v) is 0.748. The van der Waals surface area contributed by atoms with Crippen LogP contribution in [0.3, 0.4) is 0 Å². The van der Waals surface area contributed by atoms with Crippen molar-refractivity contribution in [3.63, 3.8) is 0 Å². The summed E-state index contributed by atoms with van der Waals surface area (Å²) in [7, 11) is 0. The van der Waals surface area contributed by atoms with Gasteiger partial charge >= 0.3 is 5.97 Å². The van der Waals surface area contributed by atoms with Crippen LogP contribution >= 0.6 is 11.6 Å². The Bertz CT molecular complexity index is 287. The van der Waals surface area contributed by atoms with E-state index in [2.05, 4.69) is 4.98 Å². The summed E-state index contributed by atoms with van der Waals surface area (Å²) < 4.78 is 0. The van der Waals surface area contributed by atoms with E-state index in [0.29, 0.717) is 0 Å². The van der Waals surface area contributed by atoms with Crippen molar-refractivity contribution >= 4 is 22.8 Å². The molecule has 4 nitrogen and oxygen atoms in total. The smallest absolute Gasteiger partial charge is 0.354 e. The molecule has 62 valence electrons. The molecular formula is C7H4ClNO3. The van der Waals surface area contributed by atoms with Crippen LogP contribution in [0, 0.1) is 0 Å². The van der Waals surface area contributed by atoms with Gasteiger partial charge in [0.25, 0.3) is 5.24 Å². The number of aromatic carboxylic acids is 1. The summed E-state index contributed by atoms with van der Waals surface area (Å²) in [6.07, 6.45) is 1.12. The molecule has 0 saturated heterocycles. The molecule has 1 N–H and O–H groups in total. The average molecular weight is 186 g/mol. The molecule has 0 saturated carbocycles. The van der Waals surface area contributed by atoms with Crippen LogP contribution in [0.5, 0.6) is 0 Å². The van der Waals surface area contributed by atoms with E-state index in [4.69, 9.17) is 16.7 Å². The van der Waals surface area contributed by atoms with Gasteiger partial charge in [-0.2, -0.15) is 0 Å². The molecule has 1 rings (SSSR count). The zero-order valence-corrected chi connectivity index (χ0v) is 6.58. The van der Waals surface area contributed by atoms with Crippen LogP contribution in [0.2, 0.25) is 0 Å². The summed E-state index contributed by atoms with van der Waals surface area (Å²) in [5.41, 5.74) is 0.0679. The molecule has 0 spiro atoms. The molecule has 0 amide bonds. The predicted octanol–water partition coefficient (Wildman–Crippen LogP) is 1.16. The molecule has 0 aromatic carbocycles. The highest BCUT2D eigenvalue weighted by atomic mass is 35.5. The van der Waals surface area contributed by atoms with Gasteiger partial charge in [0, 0.05) is 6.20 Å². The summed E-state index contributed by atoms with van der Waals surface area (Å²) in [6, 6.07) is 2.53. The summed E-state index contributed by atoms with van der Waals surface area (Å²) in [5, 5.41) is 7.78. The van der Waals surface area contributed by atoms with Crippen LogP contribution in [-0.2, 0) is 0 Å². The van der Waals surface area contributed by atoms with Gasteiger partial charge in [-0.3, -0.25) is 4.79 Å². The highest BCUT2D eigenvalue weighted by Gasteiger charge is 2.05. The van der Waals surface area contributed by atoms with Crippen LogP contribution < -0.4 is 0 Å². The molecule has 0 aliphatic rings. The molecule has 0 unspecified atom stereocenters. The lowest BCUT2D eigenvalue weighted by Gasteiger charge is -1.93. The Morgan fingerprint density at radius 2 is 2.08 bits per heavy atom. The first-order valence-corrected chi connectivity index (χ1v) is 3.38. The molecule has 1 aromatic heterocycles. The summed E-state index contributed by atoms with van der Waals surface area (Å²) in [5.74, 6) is -1.14. The third-order valence-electron chi connectivity index (χ3n) is 1.21. The molecule has 12 heavy (non-hydrogen) atoms. The van der Waals surface area contributed by atoms with Gasteiger partial charge in [-0.15, -0.1) is 0 Å². The molecular weight excluding hydrogens is 182 g/mol. The van der Waals surface area contributed by atoms with Crippen molar-refractivity contribution in [1.29, 1.82) is 0 Å². The van der Waals surface area contributed by atoms with E-state index in [9.17, 15) is 9.59 Å². The van der Waals surface area contributed by atoms with Crippen molar-refractivity contribution in [2.24, 2.45) is 0 Å². The lowest BCUT2D eigenvalue weighted by Crippen LogP contribution is -2.00. The van der Waals surface area contributed by atoms with E-state index in [1.165, 1.54) is 12.1 Å². The molecule has 1 heterocycles. The Hall–Kier alpha value is -1.42. The number of aromatic nitrogens is 1. The Labute approximate surface area is 72.8 Å². The van der Waals surface area contributed by atoms with Crippen LogP contribution in [0.15, 0.2) is 18.3 Å². The molecule has 0 radical (unpaired) electrons. The van der Waals surface area contributed by atoms with E-state index >= 15 is 0 Å². The minimum Gasteiger partial charge on any atom is -0.477 e. The van der Waals surface area contributed by atoms with Crippen LogP contribution in [0.1, 0.15) is 20.8 Å². The molecule has 0 atom stereocenters. The van der Waals surface area contributed by atoms with Gasteiger partial charge in [0.1, 0.15) is 5.69 Å². The minimum absolute atomic E-state index is 0.114. The first-order valence-electron chi connectivity index (χ1n) is 3.00. The van der Waals surface area contributed by atoms with E-state index in [-0.39, 0.29) is 11.3 Å². The zero-order valence-electron chi connectivity index (χ0n) is 5.82. The van der Waals surface area contributed by atoms with Gasteiger partial charge < -0.3 is 5.11 Å². The fraction of sp³-hybridized carbons (Fsp3) is 0. The molecule has 5 heteroatoms. The number of carbonyl (C=O) groups excluding carboxylic acids is 1. The van der Waals surface area contributed by atoms with E-state index in [1.54, 1.807) is 0 Å². The van der Waals surface area contributed by atoms with Gasteiger partial charge in [0.2, 0.25) is 0 Å². The average Bonchev–Trinajstić information content (AvgIpc) is 2.04. The van der Waals surface area contributed by atoms with Gasteiger partial charge in [0.15, 0.2) is 0 Å². The number of rotatable bonds is 2. The normalized spacial score (nSPS) is 9.42. The van der Waals surface area contributed by atoms with E-state index in [1.807, 2.05) is 0 Å². The maximum absolute atomic E-state index is 10.5. The first-order chi connectivity index (χ1) is 5.61. The second kappa shape index (κ2) is 3.32. The van der Waals surface area contributed by atoms with Crippen molar-refractivity contribution in [1.82, 2.24) is 4.98 Å². The van der Waals surface area contributed by atoms with Gasteiger partial charge in [0.05, 0.1) is 5.56 Å². The van der Waals surface area contributed by atoms with Crippen LogP contribution in [0.4, 0.5) is 0 Å². The molecule has 0 aliphatic heterocycles. The number of halogens is 1. The molecule has 0 aliphatic carbocycles. The maximum Gasteiger partial charge on any atom is 0.354 e. The number of carbonyl (C=O) groups is 2. The van der Waals surface area contributed by atoms with E-state index in [0.717, 1.165) is 6.20 Å². The third-order valence-corrected chi connectivity index (χ3v) is 1.43. The van der Waals surface area contributed by atoms with E-state index < -0.39 is 11.2 Å². The minimum atomic E-state index is -1.14. The number of nitrogens with zero attached hydrogens (tertiary/aromatic N) is 1. The first kappa shape index (κ1) is 8.67. The quantitative estimate of drug-likeness (QED) is 0.702. The van der Waals surface area contributed by atoms with Crippen LogP contribution in [-0.4, -0.2) is 21.3 Å². The largest absolute Gasteiger partial charge is 0.477 e. The van der Waals surface area contributed by atoms with Crippen LogP contribution in [0.25, 0.3) is 0 Å². The number of carboxylic acid groups (broad SMARTS) is 1. The van der Waals surface area contributed by atoms with Crippen molar-refractivity contribution in [3.8, 4) is 0 Å². The monoisotopic (exact) mass is 185 g/mol. The second-order valence-corrected chi connectivity index (χ2v) is 2.35. The van der Waals surface area contributed by atoms with Crippen molar-refractivity contribution in [3.05, 3.63) is 29.6 Å². The molecule has 1 aromatic rings. The van der Waals surface area contributed by atoms with Crippen molar-refractivity contribution in [2.75, 3.05) is 0 Å². The maximum atomic E-state index is 10.5. The number of pyridine rings is 1. The Morgan fingerprint density at radius 3 is 2.42 bits per heavy atom. The Balaban J connectivity index is 3.01. The molecule has 0 fully saturated rings. The second-order valence-electron chi connectivity index (χ2n) is 2.01. The number of carboxylic acids is 1. The lowest BCUT2D eigenvalue weighted by molar-refractivity contribution is 0.0690. The highest BCUT2D eigenvalue weighted by Crippen LogP contribution is 2.03. The van der Waals surface area contributed by atoms with Gasteiger partial charge in [-0.05, 0) is 23.7 Å². The zero-order chi connectivity index (χ0) is 9.14. The highest BCUT2D eigenvalue weighted by molar-refractivity contribution is 6.67. The van der Waals surface area contributed by atoms with Gasteiger partial charge in [-0.1, -0.05) is 0 Å². The summed E-state index contributed by atoms with van der Waals surface area (Å²) in [6.45, 7) is 0. The van der Waals surface area contributed by atoms with Gasteiger partial charge in [-0.25, -0.2) is 9.78 Å². The Kier molecular flexibility index (Phi) is 2.40. The number of hydrogen-bond acceptors (Lipinski definition) is 3. The fourth-order valence-electron chi connectivity index (χ4n) is 0.637. The van der Waals surface area contributed by atoms with Crippen molar-refractivity contribution in [2.45, 2.75) is 0 Å². The molecule has 0 bridgehead atoms. The standard InChI is InChI=1S/C7H4ClNO3/c8-6(10)4-1-2-5(7(11)12)9-3-4/h1-3H,(H,11,12). The Morgan fingerprint density at radius 1 is 1.42 bits per heavy atom. The SMILES string of the molecule is O=C(Cl)c1ccc(C(=O)O)nc1. The van der Waals surface area contributed by atoms with Crippen molar-refractivity contribution < 1.29 is 14.7 Å². The number of hydrogen-bond donors (Lipinski definition) is 1. The summed E-state index contributed by atoms with van der Waals surface area (Å²) in [4.78, 5) is 24.3. The lowest BCUT2D eigenvalue weighted by atomic mass is 10.3. The summed E-state index contributed by atoms with van der Waals surface area (Å²) >= 11 is 5.11. The predicted molar refractivity (Wildman–Crippen MR) is 41.4 cm³/mol.